The van der Waals surface area contributed by atoms with Gasteiger partial charge in [-0.3, -0.25) is 0 Å². The maximum atomic E-state index is 13.6. The van der Waals surface area contributed by atoms with Crippen molar-refractivity contribution in [3.63, 3.8) is 0 Å². The van der Waals surface area contributed by atoms with Crippen molar-refractivity contribution in [2.75, 3.05) is 65.5 Å². The van der Waals surface area contributed by atoms with Crippen molar-refractivity contribution in [1.29, 1.82) is 0 Å². The third-order valence-electron chi connectivity index (χ3n) is 10.3. The molecule has 0 bridgehead atoms. The van der Waals surface area contributed by atoms with E-state index < -0.39 is 13.3 Å². The number of rotatable bonds is 14. The predicted octanol–water partition coefficient (Wildman–Crippen LogP) is 10.7. The molecule has 6 heterocycles. The number of alkyl halides is 2. The van der Waals surface area contributed by atoms with Crippen LogP contribution in [0.2, 0.25) is 5.02 Å². The van der Waals surface area contributed by atoms with Crippen LogP contribution in [0.5, 0.6) is 0 Å². The molecular weight excluding hydrogens is 746 g/mol. The molecule has 0 aromatic carbocycles. The highest BCUT2D eigenvalue weighted by atomic mass is 35.5. The second kappa shape index (κ2) is 18.7. The molecule has 2 unspecified atom stereocenters. The van der Waals surface area contributed by atoms with Crippen LogP contribution in [0.1, 0.15) is 85.3 Å². The van der Waals surface area contributed by atoms with E-state index in [-0.39, 0.29) is 18.0 Å². The first-order valence-electron chi connectivity index (χ1n) is 19.4. The van der Waals surface area contributed by atoms with Crippen LogP contribution in [-0.4, -0.2) is 83.9 Å². The van der Waals surface area contributed by atoms with E-state index >= 15 is 0 Å². The number of nitrogens with one attached hydrogen (secondary N) is 2. The number of anilines is 2. The summed E-state index contributed by atoms with van der Waals surface area (Å²) >= 11 is 6.53. The lowest BCUT2D eigenvalue weighted by atomic mass is 10.0. The first-order chi connectivity index (χ1) is 27.2. The molecule has 57 heavy (non-hydrogen) atoms. The minimum atomic E-state index is -0.502. The molecule has 306 valence electrons. The number of fused-ring (bicyclic) bond motifs is 2. The summed E-state index contributed by atoms with van der Waals surface area (Å²) in [5, 5.41) is 7.01. The van der Waals surface area contributed by atoms with Crippen LogP contribution < -0.4 is 10.6 Å². The van der Waals surface area contributed by atoms with Crippen LogP contribution in [0, 0.1) is 27.7 Å². The summed E-state index contributed by atoms with van der Waals surface area (Å²) in [6, 6.07) is 9.47. The number of ether oxygens (including phenoxy) is 2. The SMILES string of the molecule is CNc1nc(C(C)C)c(Cl)cc1-c1nc2c(C)cn(C(CF)COC)c2cc1C.CNc1nc(C(C)C)ccc1-c1nc2c(C)cn(C(CF)COC)c2cc1C. The van der Waals surface area contributed by atoms with E-state index in [0.29, 0.717) is 24.2 Å². The van der Waals surface area contributed by atoms with Gasteiger partial charge in [0.1, 0.15) is 25.0 Å². The van der Waals surface area contributed by atoms with Crippen molar-refractivity contribution < 1.29 is 18.3 Å². The number of halogens is 3. The van der Waals surface area contributed by atoms with Gasteiger partial charge < -0.3 is 29.2 Å². The smallest absolute Gasteiger partial charge is 0.135 e. The van der Waals surface area contributed by atoms with Crippen LogP contribution in [0.15, 0.2) is 42.7 Å². The topological polar surface area (TPSA) is 104 Å². The fourth-order valence-electron chi connectivity index (χ4n) is 7.24. The molecule has 0 saturated heterocycles. The molecule has 10 nitrogen and oxygen atoms in total. The van der Waals surface area contributed by atoms with Gasteiger partial charge in [-0.2, -0.15) is 0 Å². The highest BCUT2D eigenvalue weighted by Crippen LogP contribution is 2.37. The number of methoxy groups -OCH3 is 2. The Morgan fingerprint density at radius 1 is 0.649 bits per heavy atom. The number of hydrogen-bond donors (Lipinski definition) is 2. The average Bonchev–Trinajstić information content (AvgIpc) is 3.68. The minimum absolute atomic E-state index is 0.217. The van der Waals surface area contributed by atoms with Gasteiger partial charge in [-0.15, -0.1) is 0 Å². The van der Waals surface area contributed by atoms with Gasteiger partial charge >= 0.3 is 0 Å². The monoisotopic (exact) mass is 802 g/mol. The average molecular weight is 803 g/mol. The van der Waals surface area contributed by atoms with E-state index in [1.807, 2.05) is 75.5 Å². The number of hydrogen-bond acceptors (Lipinski definition) is 8. The van der Waals surface area contributed by atoms with Gasteiger partial charge in [0.2, 0.25) is 0 Å². The zero-order chi connectivity index (χ0) is 41.7. The Kier molecular flexibility index (Phi) is 14.3. The molecule has 2 N–H and O–H groups in total. The van der Waals surface area contributed by atoms with Gasteiger partial charge in [-0.1, -0.05) is 39.3 Å². The molecule has 0 fully saturated rings. The molecule has 0 aliphatic heterocycles. The molecule has 0 amide bonds. The largest absolute Gasteiger partial charge is 0.382 e. The second-order valence-electron chi connectivity index (χ2n) is 15.2. The summed E-state index contributed by atoms with van der Waals surface area (Å²) < 4.78 is 41.4. The molecule has 0 saturated carbocycles. The lowest BCUT2D eigenvalue weighted by molar-refractivity contribution is 0.142. The van der Waals surface area contributed by atoms with Gasteiger partial charge in [0.15, 0.2) is 0 Å². The zero-order valence-corrected chi connectivity index (χ0v) is 36.1. The van der Waals surface area contributed by atoms with Crippen molar-refractivity contribution in [3.8, 4) is 22.5 Å². The van der Waals surface area contributed by atoms with Crippen LogP contribution in [0.4, 0.5) is 20.4 Å². The summed E-state index contributed by atoms with van der Waals surface area (Å²) in [6.07, 6.45) is 3.90. The first kappa shape index (κ1) is 43.5. The van der Waals surface area contributed by atoms with Gasteiger partial charge in [-0.05, 0) is 92.1 Å². The molecule has 2 atom stereocenters. The molecule has 6 rings (SSSR count). The molecule has 0 spiro atoms. The third-order valence-corrected chi connectivity index (χ3v) is 10.6. The first-order valence-corrected chi connectivity index (χ1v) is 19.8. The number of pyridine rings is 4. The Balaban J connectivity index is 0.000000218. The molecule has 0 radical (unpaired) electrons. The fraction of sp³-hybridized carbons (Fsp3) is 0.455. The molecule has 0 aliphatic rings. The summed E-state index contributed by atoms with van der Waals surface area (Å²) in [4.78, 5) is 19.4. The Bertz CT molecular complexity index is 2340. The summed E-state index contributed by atoms with van der Waals surface area (Å²) in [6.45, 7) is 16.1. The number of aromatic nitrogens is 6. The Morgan fingerprint density at radius 2 is 1.12 bits per heavy atom. The molecule has 6 aromatic heterocycles. The van der Waals surface area contributed by atoms with E-state index in [4.69, 9.17) is 41.0 Å². The zero-order valence-electron chi connectivity index (χ0n) is 35.3. The fourth-order valence-corrected chi connectivity index (χ4v) is 7.61. The molecular formula is C44H57ClF2N8O2. The summed E-state index contributed by atoms with van der Waals surface area (Å²) in [7, 11) is 6.90. The molecule has 0 aliphatic carbocycles. The van der Waals surface area contributed by atoms with E-state index in [9.17, 15) is 8.78 Å². The van der Waals surface area contributed by atoms with Crippen molar-refractivity contribution in [3.05, 3.63) is 81.4 Å². The minimum Gasteiger partial charge on any atom is -0.382 e. The summed E-state index contributed by atoms with van der Waals surface area (Å²) in [5.74, 6) is 2.13. The Hall–Kier alpha value is -4.65. The molecule has 6 aromatic rings. The predicted molar refractivity (Wildman–Crippen MR) is 231 cm³/mol. The lowest BCUT2D eigenvalue weighted by Crippen LogP contribution is -2.15. The van der Waals surface area contributed by atoms with Crippen molar-refractivity contribution in [2.45, 2.75) is 79.3 Å². The maximum absolute atomic E-state index is 13.6. The third kappa shape index (κ3) is 8.93. The lowest BCUT2D eigenvalue weighted by Gasteiger charge is -2.17. The standard InChI is InChI=1S/C22H28ClFN4O.C22H29FN4O/c1-12(2)19-17(23)8-16(22(25-5)27-19)20-13(3)7-18-21(26-20)14(4)10-28(18)15(9-24)11-29-6;1-13(2)18-8-7-17(22(24-5)25-18)20-14(3)9-19-21(26-20)15(4)11-27(19)16(10-23)12-28-6/h7-8,10,12,15H,9,11H2,1-6H3,(H,25,27);7-9,11,13,16H,10,12H2,1-6H3,(H,24,25). The van der Waals surface area contributed by atoms with Gasteiger partial charge in [0.25, 0.3) is 0 Å². The van der Waals surface area contributed by atoms with Gasteiger partial charge in [0.05, 0.1) is 69.5 Å². The van der Waals surface area contributed by atoms with E-state index in [0.717, 1.165) is 89.9 Å². The number of aryl methyl sites for hydroxylation is 4. The van der Waals surface area contributed by atoms with Crippen molar-refractivity contribution >= 4 is 45.3 Å². The highest BCUT2D eigenvalue weighted by molar-refractivity contribution is 6.31. The Morgan fingerprint density at radius 3 is 1.54 bits per heavy atom. The van der Waals surface area contributed by atoms with Crippen LogP contribution in [0.3, 0.4) is 0 Å². The van der Waals surface area contributed by atoms with Crippen LogP contribution >= 0.6 is 11.6 Å². The summed E-state index contributed by atoms with van der Waals surface area (Å²) in [5.41, 5.74) is 13.0. The van der Waals surface area contributed by atoms with E-state index in [1.54, 1.807) is 14.2 Å². The Labute approximate surface area is 340 Å². The normalized spacial score (nSPS) is 12.7. The quantitative estimate of drug-likeness (QED) is 0.112. The maximum Gasteiger partial charge on any atom is 0.135 e. The second-order valence-corrected chi connectivity index (χ2v) is 15.6. The molecule has 13 heteroatoms. The number of nitrogens with zero attached hydrogens (tertiary/aromatic N) is 6. The van der Waals surface area contributed by atoms with E-state index in [1.165, 1.54) is 0 Å². The van der Waals surface area contributed by atoms with Gasteiger partial charge in [0, 0.05) is 57.5 Å². The van der Waals surface area contributed by atoms with Crippen molar-refractivity contribution in [1.82, 2.24) is 29.1 Å². The van der Waals surface area contributed by atoms with Crippen LogP contribution in [-0.2, 0) is 9.47 Å². The highest BCUT2D eigenvalue weighted by Gasteiger charge is 2.22. The van der Waals surface area contributed by atoms with E-state index in [2.05, 4.69) is 56.5 Å². The van der Waals surface area contributed by atoms with Gasteiger partial charge in [-0.25, -0.2) is 28.7 Å². The van der Waals surface area contributed by atoms with Crippen LogP contribution in [0.25, 0.3) is 44.6 Å². The van der Waals surface area contributed by atoms with Crippen molar-refractivity contribution in [2.24, 2.45) is 0 Å².